The van der Waals surface area contributed by atoms with Crippen molar-refractivity contribution in [2.45, 2.75) is 31.5 Å². The zero-order chi connectivity index (χ0) is 20.6. The molecule has 3 aromatic rings. The van der Waals surface area contributed by atoms with Gasteiger partial charge in [-0.3, -0.25) is 9.78 Å². The molecule has 1 amide bonds. The number of hydrogen-bond donors (Lipinski definition) is 2. The smallest absolute Gasteiger partial charge is 0.422 e. The molecule has 0 radical (unpaired) electrons. The number of aromatic amines is 1. The molecule has 0 aliphatic heterocycles. The summed E-state index contributed by atoms with van der Waals surface area (Å²) >= 11 is 0. The number of carbonyl (C=O) groups excluding carboxylic acids is 1. The van der Waals surface area contributed by atoms with Crippen LogP contribution in [0.1, 0.15) is 36.6 Å². The summed E-state index contributed by atoms with van der Waals surface area (Å²) in [6.45, 7) is 0.427. The van der Waals surface area contributed by atoms with Crippen molar-refractivity contribution in [3.63, 3.8) is 0 Å². The van der Waals surface area contributed by atoms with E-state index in [0.29, 0.717) is 5.69 Å². The minimum absolute atomic E-state index is 0.0335. The zero-order valence-electron chi connectivity index (χ0n) is 15.7. The van der Waals surface area contributed by atoms with E-state index in [0.717, 1.165) is 22.9 Å². The number of carbonyl (C=O) groups is 1. The summed E-state index contributed by atoms with van der Waals surface area (Å²) in [6.07, 6.45) is -0.410. The van der Waals surface area contributed by atoms with Gasteiger partial charge in [0.2, 0.25) is 5.91 Å². The molecule has 1 unspecified atom stereocenters. The van der Waals surface area contributed by atoms with Crippen molar-refractivity contribution in [1.29, 1.82) is 0 Å². The van der Waals surface area contributed by atoms with Gasteiger partial charge in [0.1, 0.15) is 5.75 Å². The molecule has 0 saturated heterocycles. The Kier molecular flexibility index (Phi) is 4.94. The van der Waals surface area contributed by atoms with Gasteiger partial charge in [-0.15, -0.1) is 0 Å². The number of amides is 1. The summed E-state index contributed by atoms with van der Waals surface area (Å²) in [5.41, 5.74) is 2.76. The van der Waals surface area contributed by atoms with Gasteiger partial charge in [-0.25, -0.2) is 0 Å². The molecule has 1 aliphatic carbocycles. The highest BCUT2D eigenvalue weighted by Crippen LogP contribution is 2.49. The van der Waals surface area contributed by atoms with Crippen molar-refractivity contribution in [3.8, 4) is 5.75 Å². The number of nitrogens with one attached hydrogen (secondary N) is 2. The first-order chi connectivity index (χ1) is 13.8. The summed E-state index contributed by atoms with van der Waals surface area (Å²) in [6, 6.07) is 10.6. The number of pyridine rings is 1. The van der Waals surface area contributed by atoms with E-state index in [1.54, 1.807) is 13.0 Å². The van der Waals surface area contributed by atoms with E-state index >= 15 is 0 Å². The lowest BCUT2D eigenvalue weighted by atomic mass is 10.1. The summed E-state index contributed by atoms with van der Waals surface area (Å²) in [7, 11) is 0. The van der Waals surface area contributed by atoms with E-state index in [4.69, 9.17) is 0 Å². The number of alkyl halides is 3. The van der Waals surface area contributed by atoms with Gasteiger partial charge in [0, 0.05) is 23.0 Å². The maximum absolute atomic E-state index is 12.6. The first-order valence-electron chi connectivity index (χ1n) is 9.34. The van der Waals surface area contributed by atoms with Gasteiger partial charge in [0.15, 0.2) is 6.61 Å². The molecular formula is C21H20F3N3O2. The van der Waals surface area contributed by atoms with Crippen molar-refractivity contribution in [2.24, 2.45) is 5.92 Å². The maximum Gasteiger partial charge on any atom is 0.422 e. The molecule has 1 aliphatic rings. The maximum atomic E-state index is 12.6. The number of nitrogens with zero attached hydrogens (tertiary/aromatic N) is 1. The van der Waals surface area contributed by atoms with Crippen LogP contribution >= 0.6 is 0 Å². The summed E-state index contributed by atoms with van der Waals surface area (Å²) < 4.78 is 41.2. The van der Waals surface area contributed by atoms with Gasteiger partial charge in [-0.05, 0) is 43.0 Å². The quantitative estimate of drug-likeness (QED) is 0.638. The van der Waals surface area contributed by atoms with Crippen LogP contribution in [0.4, 0.5) is 13.2 Å². The number of fused-ring (bicyclic) bond motifs is 1. The van der Waals surface area contributed by atoms with E-state index in [-0.39, 0.29) is 29.5 Å². The van der Waals surface area contributed by atoms with E-state index in [2.05, 4.69) is 20.0 Å². The number of benzene rings is 1. The standard InChI is InChI=1S/C21H20F3N3O2/c1-12(18-7-6-13(9-25-18)29-11-21(22,23)24)27-20(28)16-8-15(16)17-10-26-19-5-3-2-4-14(17)19/h2-7,9-10,12,15-16,26H,8,11H2,1H3,(H,27,28)/t12?,15-,16-/m1/s1. The molecule has 0 bridgehead atoms. The minimum Gasteiger partial charge on any atom is -0.483 e. The molecule has 2 N–H and O–H groups in total. The normalized spacial score (nSPS) is 19.7. The molecule has 4 rings (SSSR count). The van der Waals surface area contributed by atoms with Crippen LogP contribution in [-0.4, -0.2) is 28.7 Å². The second-order valence-electron chi connectivity index (χ2n) is 7.29. The molecule has 8 heteroatoms. The van der Waals surface area contributed by atoms with Crippen LogP contribution in [-0.2, 0) is 4.79 Å². The van der Waals surface area contributed by atoms with Crippen LogP contribution in [0, 0.1) is 5.92 Å². The molecule has 1 saturated carbocycles. The predicted molar refractivity (Wildman–Crippen MR) is 101 cm³/mol. The fourth-order valence-electron chi connectivity index (χ4n) is 3.52. The van der Waals surface area contributed by atoms with Gasteiger partial charge in [0.05, 0.1) is 17.9 Å². The number of hydrogen-bond acceptors (Lipinski definition) is 3. The molecule has 2 heterocycles. The van der Waals surface area contributed by atoms with Crippen molar-refractivity contribution in [3.05, 3.63) is 60.0 Å². The number of aromatic nitrogens is 2. The molecule has 2 aromatic heterocycles. The van der Waals surface area contributed by atoms with E-state index in [1.807, 2.05) is 30.5 Å². The van der Waals surface area contributed by atoms with Crippen molar-refractivity contribution in [2.75, 3.05) is 6.61 Å². The lowest BCUT2D eigenvalue weighted by Crippen LogP contribution is -2.29. The Morgan fingerprint density at radius 1 is 1.31 bits per heavy atom. The summed E-state index contributed by atoms with van der Waals surface area (Å²) in [5.74, 6) is 0.0775. The Morgan fingerprint density at radius 3 is 2.83 bits per heavy atom. The van der Waals surface area contributed by atoms with Crippen molar-refractivity contribution in [1.82, 2.24) is 15.3 Å². The Balaban J connectivity index is 1.34. The van der Waals surface area contributed by atoms with Gasteiger partial charge < -0.3 is 15.0 Å². The number of halogens is 3. The monoisotopic (exact) mass is 403 g/mol. The second kappa shape index (κ2) is 7.42. The van der Waals surface area contributed by atoms with E-state index in [9.17, 15) is 18.0 Å². The molecule has 3 atom stereocenters. The van der Waals surface area contributed by atoms with E-state index in [1.165, 1.54) is 12.3 Å². The van der Waals surface area contributed by atoms with Crippen LogP contribution in [0.5, 0.6) is 5.75 Å². The highest BCUT2D eigenvalue weighted by Gasteiger charge is 2.45. The lowest BCUT2D eigenvalue weighted by Gasteiger charge is -2.14. The topological polar surface area (TPSA) is 67.0 Å². The number of para-hydroxylation sites is 1. The van der Waals surface area contributed by atoms with Crippen LogP contribution in [0.3, 0.4) is 0 Å². The number of H-pyrrole nitrogens is 1. The Bertz CT molecular complexity index is 1010. The fraction of sp³-hybridized carbons (Fsp3) is 0.333. The second-order valence-corrected chi connectivity index (χ2v) is 7.29. The summed E-state index contributed by atoms with van der Waals surface area (Å²) in [5, 5.41) is 4.08. The molecule has 1 aromatic carbocycles. The Labute approximate surface area is 165 Å². The number of ether oxygens (including phenoxy) is 1. The molecular weight excluding hydrogens is 383 g/mol. The van der Waals surface area contributed by atoms with Crippen LogP contribution < -0.4 is 10.1 Å². The molecule has 1 fully saturated rings. The lowest BCUT2D eigenvalue weighted by molar-refractivity contribution is -0.153. The van der Waals surface area contributed by atoms with Crippen LogP contribution in [0.25, 0.3) is 10.9 Å². The molecule has 29 heavy (non-hydrogen) atoms. The van der Waals surface area contributed by atoms with Gasteiger partial charge in [-0.1, -0.05) is 18.2 Å². The Hall–Kier alpha value is -3.03. The zero-order valence-corrected chi connectivity index (χ0v) is 15.7. The average molecular weight is 403 g/mol. The predicted octanol–water partition coefficient (Wildman–Crippen LogP) is 4.48. The first-order valence-corrected chi connectivity index (χ1v) is 9.34. The van der Waals surface area contributed by atoms with E-state index < -0.39 is 12.8 Å². The van der Waals surface area contributed by atoms with Crippen molar-refractivity contribution >= 4 is 16.8 Å². The minimum atomic E-state index is -4.40. The number of rotatable bonds is 6. The van der Waals surface area contributed by atoms with Gasteiger partial charge in [0.25, 0.3) is 0 Å². The average Bonchev–Trinajstić information content (AvgIpc) is 3.38. The molecule has 5 nitrogen and oxygen atoms in total. The highest BCUT2D eigenvalue weighted by atomic mass is 19.4. The third-order valence-electron chi connectivity index (χ3n) is 5.11. The highest BCUT2D eigenvalue weighted by molar-refractivity contribution is 5.88. The van der Waals surface area contributed by atoms with Gasteiger partial charge in [-0.2, -0.15) is 13.2 Å². The van der Waals surface area contributed by atoms with Gasteiger partial charge >= 0.3 is 6.18 Å². The molecule has 152 valence electrons. The fourth-order valence-corrected chi connectivity index (χ4v) is 3.52. The SMILES string of the molecule is CC(NC(=O)[C@@H]1C[C@H]1c1c[nH]c2ccccc12)c1ccc(OCC(F)(F)F)cn1. The third kappa shape index (κ3) is 4.36. The van der Waals surface area contributed by atoms with Crippen molar-refractivity contribution < 1.29 is 22.7 Å². The van der Waals surface area contributed by atoms with Crippen LogP contribution in [0.15, 0.2) is 48.8 Å². The first kappa shape index (κ1) is 19.3. The third-order valence-corrected chi connectivity index (χ3v) is 5.11. The largest absolute Gasteiger partial charge is 0.483 e. The molecule has 0 spiro atoms. The van der Waals surface area contributed by atoms with Crippen LogP contribution in [0.2, 0.25) is 0 Å². The summed E-state index contributed by atoms with van der Waals surface area (Å²) in [4.78, 5) is 20.0. The Morgan fingerprint density at radius 2 is 2.10 bits per heavy atom.